The highest BCUT2D eigenvalue weighted by atomic mass is 16.2. The van der Waals surface area contributed by atoms with Crippen LogP contribution in [-0.4, -0.2) is 16.4 Å². The van der Waals surface area contributed by atoms with E-state index in [1.54, 1.807) is 24.3 Å². The second kappa shape index (κ2) is 8.66. The number of aromatic nitrogens is 1. The molecule has 1 aliphatic carbocycles. The number of rotatable bonds is 7. The molecule has 3 aromatic rings. The first-order chi connectivity index (χ1) is 14.6. The average Bonchev–Trinajstić information content (AvgIpc) is 3.54. The lowest BCUT2D eigenvalue weighted by molar-refractivity contribution is -0.117. The largest absolute Gasteiger partial charge is 0.346 e. The van der Waals surface area contributed by atoms with Crippen LogP contribution in [0.15, 0.2) is 60.8 Å². The molecule has 1 saturated carbocycles. The van der Waals surface area contributed by atoms with Crippen molar-refractivity contribution in [3.8, 4) is 6.07 Å². The van der Waals surface area contributed by atoms with E-state index in [4.69, 9.17) is 5.26 Å². The summed E-state index contributed by atoms with van der Waals surface area (Å²) in [6, 6.07) is 17.2. The molecular weight excluding hydrogens is 376 g/mol. The standard InChI is InChI=1S/C24H22N4O2/c25-13-4-14-28-16-18(21-7-1-2-8-22(21)28)11-12-23(29)26-19-5-3-6-20(15-19)27-24(30)17-9-10-17/h1-3,5-8,11-12,15-17H,4,9-10,14H2,(H,26,29)(H,27,30)/b12-11+. The lowest BCUT2D eigenvalue weighted by atomic mass is 10.1. The minimum absolute atomic E-state index is 0.0335. The Morgan fingerprint density at radius 2 is 1.87 bits per heavy atom. The zero-order valence-corrected chi connectivity index (χ0v) is 16.5. The summed E-state index contributed by atoms with van der Waals surface area (Å²) in [7, 11) is 0. The van der Waals surface area contributed by atoms with Crippen LogP contribution in [0.3, 0.4) is 0 Å². The Balaban J connectivity index is 1.45. The van der Waals surface area contributed by atoms with Crippen LogP contribution in [0.5, 0.6) is 0 Å². The van der Waals surface area contributed by atoms with E-state index in [0.29, 0.717) is 24.3 Å². The lowest BCUT2D eigenvalue weighted by Gasteiger charge is -2.07. The van der Waals surface area contributed by atoms with Crippen LogP contribution in [0.2, 0.25) is 0 Å². The van der Waals surface area contributed by atoms with Crippen molar-refractivity contribution in [1.82, 2.24) is 4.57 Å². The number of benzene rings is 2. The number of nitriles is 1. The molecule has 0 saturated heterocycles. The number of hydrogen-bond donors (Lipinski definition) is 2. The molecule has 1 aliphatic rings. The molecular formula is C24H22N4O2. The van der Waals surface area contributed by atoms with Crippen LogP contribution in [0.25, 0.3) is 17.0 Å². The summed E-state index contributed by atoms with van der Waals surface area (Å²) in [4.78, 5) is 24.3. The average molecular weight is 398 g/mol. The van der Waals surface area contributed by atoms with Gasteiger partial charge in [-0.3, -0.25) is 9.59 Å². The van der Waals surface area contributed by atoms with Crippen LogP contribution in [0.1, 0.15) is 24.8 Å². The predicted octanol–water partition coefficient (Wildman–Crippen LogP) is 4.56. The number of fused-ring (bicyclic) bond motifs is 1. The van der Waals surface area contributed by atoms with Gasteiger partial charge in [0, 0.05) is 52.6 Å². The first-order valence-electron chi connectivity index (χ1n) is 9.99. The van der Waals surface area contributed by atoms with Crippen molar-refractivity contribution in [3.63, 3.8) is 0 Å². The highest BCUT2D eigenvalue weighted by Gasteiger charge is 2.29. The molecule has 0 atom stereocenters. The van der Waals surface area contributed by atoms with Crippen LogP contribution >= 0.6 is 0 Å². The van der Waals surface area contributed by atoms with E-state index in [9.17, 15) is 9.59 Å². The van der Waals surface area contributed by atoms with Gasteiger partial charge >= 0.3 is 0 Å². The van der Waals surface area contributed by atoms with Crippen molar-refractivity contribution in [2.24, 2.45) is 5.92 Å². The number of hydrogen-bond acceptors (Lipinski definition) is 3. The summed E-state index contributed by atoms with van der Waals surface area (Å²) in [5, 5.41) is 15.6. The number of nitrogens with one attached hydrogen (secondary N) is 2. The van der Waals surface area contributed by atoms with E-state index in [2.05, 4.69) is 16.7 Å². The van der Waals surface area contributed by atoms with Gasteiger partial charge in [0.05, 0.1) is 12.5 Å². The number of anilines is 2. The first kappa shape index (κ1) is 19.5. The third-order valence-corrected chi connectivity index (χ3v) is 5.04. The van der Waals surface area contributed by atoms with Crippen molar-refractivity contribution < 1.29 is 9.59 Å². The molecule has 0 bridgehead atoms. The molecule has 1 heterocycles. The van der Waals surface area contributed by atoms with Gasteiger partial charge in [0.15, 0.2) is 0 Å². The quantitative estimate of drug-likeness (QED) is 0.572. The number of carbonyl (C=O) groups excluding carboxylic acids is 2. The number of aryl methyl sites for hydroxylation is 1. The summed E-state index contributed by atoms with van der Waals surface area (Å²) < 4.78 is 2.03. The summed E-state index contributed by atoms with van der Waals surface area (Å²) in [6.07, 6.45) is 7.54. The maximum atomic E-state index is 12.4. The van der Waals surface area contributed by atoms with Crippen molar-refractivity contribution in [1.29, 1.82) is 5.26 Å². The molecule has 0 aliphatic heterocycles. The molecule has 1 aromatic heterocycles. The molecule has 2 amide bonds. The SMILES string of the molecule is N#CCCn1cc(/C=C/C(=O)Nc2cccc(NC(=O)C3CC3)c2)c2ccccc21. The smallest absolute Gasteiger partial charge is 0.248 e. The Morgan fingerprint density at radius 1 is 1.10 bits per heavy atom. The molecule has 0 radical (unpaired) electrons. The summed E-state index contributed by atoms with van der Waals surface area (Å²) in [5.41, 5.74) is 3.25. The fourth-order valence-corrected chi connectivity index (χ4v) is 3.38. The molecule has 1 fully saturated rings. The third-order valence-electron chi connectivity index (χ3n) is 5.04. The number of nitrogens with zero attached hydrogens (tertiary/aromatic N) is 2. The van der Waals surface area contributed by atoms with Crippen LogP contribution in [0, 0.1) is 17.2 Å². The Hall–Kier alpha value is -3.85. The Bertz CT molecular complexity index is 1170. The Kier molecular flexibility index (Phi) is 5.62. The van der Waals surface area contributed by atoms with Gasteiger partial charge in [0.1, 0.15) is 0 Å². The molecule has 6 nitrogen and oxygen atoms in total. The Labute approximate surface area is 174 Å². The van der Waals surface area contributed by atoms with Gasteiger partial charge in [-0.1, -0.05) is 24.3 Å². The Morgan fingerprint density at radius 3 is 2.63 bits per heavy atom. The van der Waals surface area contributed by atoms with Crippen molar-refractivity contribution in [2.45, 2.75) is 25.8 Å². The van der Waals surface area contributed by atoms with Crippen molar-refractivity contribution >= 4 is 40.2 Å². The molecule has 0 spiro atoms. The summed E-state index contributed by atoms with van der Waals surface area (Å²) in [6.45, 7) is 0.608. The summed E-state index contributed by atoms with van der Waals surface area (Å²) in [5.74, 6) is -0.0952. The molecule has 150 valence electrons. The fourth-order valence-electron chi connectivity index (χ4n) is 3.38. The number of carbonyl (C=O) groups is 2. The van der Waals surface area contributed by atoms with E-state index in [1.807, 2.05) is 41.1 Å². The van der Waals surface area contributed by atoms with Crippen molar-refractivity contribution in [3.05, 3.63) is 66.4 Å². The zero-order valence-electron chi connectivity index (χ0n) is 16.5. The van der Waals surface area contributed by atoms with E-state index >= 15 is 0 Å². The molecule has 30 heavy (non-hydrogen) atoms. The highest BCUT2D eigenvalue weighted by molar-refractivity contribution is 6.04. The minimum Gasteiger partial charge on any atom is -0.346 e. The van der Waals surface area contributed by atoms with E-state index in [-0.39, 0.29) is 17.7 Å². The maximum absolute atomic E-state index is 12.4. The first-order valence-corrected chi connectivity index (χ1v) is 9.99. The van der Waals surface area contributed by atoms with Gasteiger partial charge in [-0.2, -0.15) is 5.26 Å². The van der Waals surface area contributed by atoms with Gasteiger partial charge in [0.25, 0.3) is 0 Å². The molecule has 6 heteroatoms. The van der Waals surface area contributed by atoms with Gasteiger partial charge in [-0.15, -0.1) is 0 Å². The van der Waals surface area contributed by atoms with Crippen LogP contribution in [0.4, 0.5) is 11.4 Å². The summed E-state index contributed by atoms with van der Waals surface area (Å²) >= 11 is 0. The number of amides is 2. The fraction of sp³-hybridized carbons (Fsp3) is 0.208. The second-order valence-corrected chi connectivity index (χ2v) is 7.37. The van der Waals surface area contributed by atoms with Crippen LogP contribution in [-0.2, 0) is 16.1 Å². The second-order valence-electron chi connectivity index (χ2n) is 7.37. The normalized spacial score (nSPS) is 13.3. The molecule has 2 N–H and O–H groups in total. The molecule has 0 unspecified atom stereocenters. The monoisotopic (exact) mass is 398 g/mol. The highest BCUT2D eigenvalue weighted by Crippen LogP contribution is 2.30. The molecule has 4 rings (SSSR count). The molecule has 2 aromatic carbocycles. The van der Waals surface area contributed by atoms with Gasteiger partial charge in [-0.05, 0) is 43.2 Å². The van der Waals surface area contributed by atoms with E-state index in [1.165, 1.54) is 6.08 Å². The zero-order chi connectivity index (χ0) is 20.9. The van der Waals surface area contributed by atoms with Crippen molar-refractivity contribution in [2.75, 3.05) is 10.6 Å². The van der Waals surface area contributed by atoms with Gasteiger partial charge < -0.3 is 15.2 Å². The van der Waals surface area contributed by atoms with Gasteiger partial charge in [0.2, 0.25) is 11.8 Å². The third kappa shape index (κ3) is 4.58. The van der Waals surface area contributed by atoms with E-state index < -0.39 is 0 Å². The lowest BCUT2D eigenvalue weighted by Crippen LogP contribution is -2.14. The van der Waals surface area contributed by atoms with Gasteiger partial charge in [-0.25, -0.2) is 0 Å². The number of para-hydroxylation sites is 1. The predicted molar refractivity (Wildman–Crippen MR) is 118 cm³/mol. The van der Waals surface area contributed by atoms with Crippen LogP contribution < -0.4 is 10.6 Å². The van der Waals surface area contributed by atoms with E-state index in [0.717, 1.165) is 29.3 Å². The minimum atomic E-state index is -0.255. The maximum Gasteiger partial charge on any atom is 0.248 e. The topological polar surface area (TPSA) is 86.9 Å².